The van der Waals surface area contributed by atoms with Crippen LogP contribution in [-0.2, 0) is 9.53 Å². The maximum atomic E-state index is 12.0. The van der Waals surface area contributed by atoms with E-state index in [1.165, 1.54) is 23.7 Å². The van der Waals surface area contributed by atoms with Crippen LogP contribution in [0.2, 0.25) is 0 Å². The molecule has 1 aliphatic rings. The topological polar surface area (TPSA) is 61.9 Å². The predicted molar refractivity (Wildman–Crippen MR) is 115 cm³/mol. The van der Waals surface area contributed by atoms with Crippen molar-refractivity contribution in [3.05, 3.63) is 54.1 Å². The van der Waals surface area contributed by atoms with Gasteiger partial charge in [0, 0.05) is 38.9 Å². The number of nitrogens with zero attached hydrogens (tertiary/aromatic N) is 2. The number of anilines is 1. The summed E-state index contributed by atoms with van der Waals surface area (Å²) < 4.78 is 5.02. The summed E-state index contributed by atoms with van der Waals surface area (Å²) in [6, 6.07) is 17.3. The maximum Gasteiger partial charge on any atom is 0.410 e. The predicted octanol–water partition coefficient (Wildman–Crippen LogP) is 3.48. The Morgan fingerprint density at radius 3 is 2.00 bits per heavy atom. The van der Waals surface area contributed by atoms with Crippen molar-refractivity contribution >= 4 is 17.7 Å². The number of piperazine rings is 1. The number of amides is 2. The molecule has 1 saturated heterocycles. The molecule has 0 saturated carbocycles. The van der Waals surface area contributed by atoms with Gasteiger partial charge in [0.2, 0.25) is 0 Å². The average molecular weight is 396 g/mol. The summed E-state index contributed by atoms with van der Waals surface area (Å²) in [5, 5.41) is 2.43. The fourth-order valence-electron chi connectivity index (χ4n) is 3.36. The number of rotatable bonds is 5. The first-order valence-corrected chi connectivity index (χ1v) is 10.1. The second kappa shape index (κ2) is 9.45. The molecule has 2 aromatic carbocycles. The van der Waals surface area contributed by atoms with Gasteiger partial charge in [-0.1, -0.05) is 50.2 Å². The van der Waals surface area contributed by atoms with Gasteiger partial charge in [-0.15, -0.1) is 0 Å². The van der Waals surface area contributed by atoms with E-state index in [2.05, 4.69) is 72.6 Å². The molecule has 0 radical (unpaired) electrons. The van der Waals surface area contributed by atoms with E-state index in [9.17, 15) is 9.59 Å². The number of carbonyl (C=O) groups is 2. The van der Waals surface area contributed by atoms with Crippen LogP contribution in [0.1, 0.15) is 25.3 Å². The lowest BCUT2D eigenvalue weighted by molar-refractivity contribution is -0.123. The highest BCUT2D eigenvalue weighted by molar-refractivity contribution is 5.79. The highest BCUT2D eigenvalue weighted by Gasteiger charge is 2.22. The van der Waals surface area contributed by atoms with Crippen molar-refractivity contribution in [3.63, 3.8) is 0 Å². The van der Waals surface area contributed by atoms with Crippen molar-refractivity contribution in [3.8, 4) is 11.1 Å². The molecule has 0 aromatic heterocycles. The average Bonchev–Trinajstić information content (AvgIpc) is 2.77. The Kier molecular flexibility index (Phi) is 6.75. The minimum atomic E-state index is -0.437. The van der Waals surface area contributed by atoms with Crippen LogP contribution in [0.3, 0.4) is 0 Å². The van der Waals surface area contributed by atoms with E-state index in [-0.39, 0.29) is 12.5 Å². The SMILES string of the molecule is CNC(=O)COC(=O)N1CCN(c2ccc(-c3ccc(C(C)C)cc3)cc2)CC1. The molecule has 29 heavy (non-hydrogen) atoms. The Bertz CT molecular complexity index is 823. The normalized spacial score (nSPS) is 14.1. The minimum Gasteiger partial charge on any atom is -0.439 e. The molecule has 1 fully saturated rings. The standard InChI is InChI=1S/C23H29N3O3/c1-17(2)18-4-6-19(7-5-18)20-8-10-21(11-9-20)25-12-14-26(15-13-25)23(28)29-16-22(27)24-3/h4-11,17H,12-16H2,1-3H3,(H,24,27). The van der Waals surface area contributed by atoms with E-state index in [0.29, 0.717) is 19.0 Å². The Labute approximate surface area is 172 Å². The van der Waals surface area contributed by atoms with Gasteiger partial charge in [-0.3, -0.25) is 4.79 Å². The molecular weight excluding hydrogens is 366 g/mol. The van der Waals surface area contributed by atoms with Gasteiger partial charge >= 0.3 is 6.09 Å². The molecule has 0 bridgehead atoms. The Morgan fingerprint density at radius 1 is 0.931 bits per heavy atom. The fraction of sp³-hybridized carbons (Fsp3) is 0.391. The van der Waals surface area contributed by atoms with Crippen molar-refractivity contribution in [2.45, 2.75) is 19.8 Å². The summed E-state index contributed by atoms with van der Waals surface area (Å²) >= 11 is 0. The van der Waals surface area contributed by atoms with Crippen molar-refractivity contribution in [1.29, 1.82) is 0 Å². The summed E-state index contributed by atoms with van der Waals surface area (Å²) in [6.07, 6.45) is -0.437. The number of carbonyl (C=O) groups excluding carboxylic acids is 2. The van der Waals surface area contributed by atoms with Crippen molar-refractivity contribution < 1.29 is 14.3 Å². The number of ether oxygens (including phenoxy) is 1. The van der Waals surface area contributed by atoms with Gasteiger partial charge in [0.25, 0.3) is 5.91 Å². The largest absolute Gasteiger partial charge is 0.439 e. The van der Waals surface area contributed by atoms with Crippen LogP contribution in [0.5, 0.6) is 0 Å². The molecule has 3 rings (SSSR count). The maximum absolute atomic E-state index is 12.0. The van der Waals surface area contributed by atoms with Crippen LogP contribution < -0.4 is 10.2 Å². The molecule has 2 aromatic rings. The van der Waals surface area contributed by atoms with Crippen molar-refractivity contribution in [2.24, 2.45) is 0 Å². The summed E-state index contributed by atoms with van der Waals surface area (Å²) in [6.45, 7) is 6.77. The van der Waals surface area contributed by atoms with E-state index in [0.717, 1.165) is 18.8 Å². The molecule has 0 atom stereocenters. The highest BCUT2D eigenvalue weighted by Crippen LogP contribution is 2.25. The number of nitrogens with one attached hydrogen (secondary N) is 1. The molecular formula is C23H29N3O3. The Balaban J connectivity index is 1.55. The van der Waals surface area contributed by atoms with Gasteiger partial charge in [-0.2, -0.15) is 0 Å². The van der Waals surface area contributed by atoms with Crippen LogP contribution in [0.4, 0.5) is 10.5 Å². The number of benzene rings is 2. The lowest BCUT2D eigenvalue weighted by atomic mass is 9.98. The quantitative estimate of drug-likeness (QED) is 0.842. The highest BCUT2D eigenvalue weighted by atomic mass is 16.6. The molecule has 1 N–H and O–H groups in total. The van der Waals surface area contributed by atoms with E-state index in [4.69, 9.17) is 4.74 Å². The Hall–Kier alpha value is -3.02. The second-order valence-corrected chi connectivity index (χ2v) is 7.53. The van der Waals surface area contributed by atoms with E-state index < -0.39 is 6.09 Å². The van der Waals surface area contributed by atoms with Gasteiger partial charge in [-0.25, -0.2) is 4.79 Å². The minimum absolute atomic E-state index is 0.241. The first kappa shape index (κ1) is 20.7. The monoisotopic (exact) mass is 395 g/mol. The van der Waals surface area contributed by atoms with E-state index in [1.54, 1.807) is 4.90 Å². The molecule has 6 nitrogen and oxygen atoms in total. The molecule has 154 valence electrons. The summed E-state index contributed by atoms with van der Waals surface area (Å²) in [5.74, 6) is 0.224. The molecule has 1 aliphatic heterocycles. The molecule has 1 heterocycles. The molecule has 0 spiro atoms. The van der Waals surface area contributed by atoms with Gasteiger partial charge < -0.3 is 19.9 Å². The van der Waals surface area contributed by atoms with Crippen LogP contribution >= 0.6 is 0 Å². The smallest absolute Gasteiger partial charge is 0.410 e. The fourth-order valence-corrected chi connectivity index (χ4v) is 3.36. The van der Waals surface area contributed by atoms with Crippen LogP contribution in [-0.4, -0.2) is 56.7 Å². The second-order valence-electron chi connectivity index (χ2n) is 7.53. The van der Waals surface area contributed by atoms with Crippen LogP contribution in [0.15, 0.2) is 48.5 Å². The van der Waals surface area contributed by atoms with E-state index >= 15 is 0 Å². The zero-order valence-corrected chi connectivity index (χ0v) is 17.4. The van der Waals surface area contributed by atoms with Gasteiger partial charge in [0.1, 0.15) is 0 Å². The summed E-state index contributed by atoms with van der Waals surface area (Å²) in [4.78, 5) is 27.1. The molecule has 2 amide bonds. The lowest BCUT2D eigenvalue weighted by Crippen LogP contribution is -2.49. The van der Waals surface area contributed by atoms with Gasteiger partial charge in [0.15, 0.2) is 6.61 Å². The first-order chi connectivity index (χ1) is 14.0. The summed E-state index contributed by atoms with van der Waals surface area (Å²) in [7, 11) is 1.51. The number of likely N-dealkylation sites (N-methyl/N-ethyl adjacent to an activating group) is 1. The summed E-state index contributed by atoms with van der Waals surface area (Å²) in [5.41, 5.74) is 4.90. The van der Waals surface area contributed by atoms with Crippen LogP contribution in [0.25, 0.3) is 11.1 Å². The van der Waals surface area contributed by atoms with E-state index in [1.807, 2.05) is 0 Å². The zero-order chi connectivity index (χ0) is 20.8. The van der Waals surface area contributed by atoms with Crippen molar-refractivity contribution in [2.75, 3.05) is 44.7 Å². The molecule has 6 heteroatoms. The Morgan fingerprint density at radius 2 is 1.48 bits per heavy atom. The molecule has 0 aliphatic carbocycles. The third-order valence-corrected chi connectivity index (χ3v) is 5.29. The first-order valence-electron chi connectivity index (χ1n) is 10.1. The zero-order valence-electron chi connectivity index (χ0n) is 17.4. The number of hydrogen-bond donors (Lipinski definition) is 1. The number of hydrogen-bond acceptors (Lipinski definition) is 4. The molecule has 0 unspecified atom stereocenters. The third kappa shape index (κ3) is 5.28. The third-order valence-electron chi connectivity index (χ3n) is 5.29. The van der Waals surface area contributed by atoms with Crippen LogP contribution in [0, 0.1) is 0 Å². The van der Waals surface area contributed by atoms with Gasteiger partial charge in [0.05, 0.1) is 0 Å². The lowest BCUT2D eigenvalue weighted by Gasteiger charge is -2.35. The van der Waals surface area contributed by atoms with Gasteiger partial charge in [-0.05, 0) is 34.7 Å². The van der Waals surface area contributed by atoms with Crippen molar-refractivity contribution in [1.82, 2.24) is 10.2 Å².